The first kappa shape index (κ1) is 16.3. The van der Waals surface area contributed by atoms with Gasteiger partial charge < -0.3 is 9.88 Å². The molecule has 0 atom stereocenters. The van der Waals surface area contributed by atoms with Crippen LogP contribution in [0.5, 0.6) is 0 Å². The van der Waals surface area contributed by atoms with Gasteiger partial charge in [0.2, 0.25) is 0 Å². The maximum absolute atomic E-state index is 12.5. The number of aromatic nitrogens is 1. The van der Waals surface area contributed by atoms with Crippen molar-refractivity contribution in [1.29, 1.82) is 0 Å². The molecule has 5 heteroatoms. The van der Waals surface area contributed by atoms with Gasteiger partial charge >= 0.3 is 0 Å². The molecule has 0 fully saturated rings. The van der Waals surface area contributed by atoms with E-state index in [9.17, 15) is 9.59 Å². The molecule has 3 aromatic rings. The quantitative estimate of drug-likeness (QED) is 0.793. The Morgan fingerprint density at radius 1 is 1.12 bits per heavy atom. The van der Waals surface area contributed by atoms with Crippen LogP contribution in [0, 0.1) is 0 Å². The highest BCUT2D eigenvalue weighted by atomic mass is 35.5. The van der Waals surface area contributed by atoms with Gasteiger partial charge in [-0.25, -0.2) is 0 Å². The Labute approximate surface area is 144 Å². The first-order valence-electron chi connectivity index (χ1n) is 7.67. The zero-order chi connectivity index (χ0) is 17.1. The van der Waals surface area contributed by atoms with Gasteiger partial charge in [0, 0.05) is 30.1 Å². The lowest BCUT2D eigenvalue weighted by Gasteiger charge is -2.10. The lowest BCUT2D eigenvalue weighted by Crippen LogP contribution is -2.28. The van der Waals surface area contributed by atoms with Gasteiger partial charge in [0.15, 0.2) is 0 Å². The summed E-state index contributed by atoms with van der Waals surface area (Å²) in [6.45, 7) is 0.490. The van der Waals surface area contributed by atoms with Crippen LogP contribution in [0.2, 0.25) is 5.02 Å². The first-order valence-corrected chi connectivity index (χ1v) is 8.05. The van der Waals surface area contributed by atoms with E-state index in [4.69, 9.17) is 11.6 Å². The molecule has 0 aliphatic heterocycles. The SMILES string of the molecule is Cn1c(=O)cc(C(=O)NCCc2ccc(Cl)cc2)c2ccccc21. The fourth-order valence-electron chi connectivity index (χ4n) is 2.67. The number of nitrogens with zero attached hydrogens (tertiary/aromatic N) is 1. The second-order valence-corrected chi connectivity index (χ2v) is 6.04. The summed E-state index contributed by atoms with van der Waals surface area (Å²) < 4.78 is 1.54. The highest BCUT2D eigenvalue weighted by Crippen LogP contribution is 2.16. The van der Waals surface area contributed by atoms with Gasteiger partial charge in [-0.15, -0.1) is 0 Å². The number of benzene rings is 2. The van der Waals surface area contributed by atoms with Crippen molar-refractivity contribution in [3.05, 3.63) is 81.1 Å². The Kier molecular flexibility index (Phi) is 4.67. The van der Waals surface area contributed by atoms with Gasteiger partial charge in [-0.1, -0.05) is 41.9 Å². The molecule has 1 N–H and O–H groups in total. The Balaban J connectivity index is 1.78. The molecule has 24 heavy (non-hydrogen) atoms. The molecule has 0 saturated heterocycles. The number of pyridine rings is 1. The number of hydrogen-bond donors (Lipinski definition) is 1. The van der Waals surface area contributed by atoms with Crippen LogP contribution in [-0.4, -0.2) is 17.0 Å². The first-order chi connectivity index (χ1) is 11.6. The number of carbonyl (C=O) groups excluding carboxylic acids is 1. The third-order valence-corrected chi connectivity index (χ3v) is 4.26. The van der Waals surface area contributed by atoms with Crippen LogP contribution in [0.15, 0.2) is 59.4 Å². The van der Waals surface area contributed by atoms with E-state index in [2.05, 4.69) is 5.32 Å². The van der Waals surface area contributed by atoms with Crippen molar-refractivity contribution in [1.82, 2.24) is 9.88 Å². The molecule has 1 amide bonds. The van der Waals surface area contributed by atoms with E-state index in [0.717, 1.165) is 16.5 Å². The van der Waals surface area contributed by atoms with E-state index in [0.29, 0.717) is 23.6 Å². The molecule has 122 valence electrons. The predicted octanol–water partition coefficient (Wildman–Crippen LogP) is 3.16. The van der Waals surface area contributed by atoms with E-state index < -0.39 is 0 Å². The highest BCUT2D eigenvalue weighted by Gasteiger charge is 2.12. The molecule has 0 saturated carbocycles. The number of amides is 1. The van der Waals surface area contributed by atoms with E-state index in [1.807, 2.05) is 48.5 Å². The molecule has 0 radical (unpaired) electrons. The van der Waals surface area contributed by atoms with Crippen LogP contribution in [0.4, 0.5) is 0 Å². The molecule has 1 heterocycles. The maximum atomic E-state index is 12.5. The summed E-state index contributed by atoms with van der Waals surface area (Å²) in [5.74, 6) is -0.238. The van der Waals surface area contributed by atoms with Crippen LogP contribution < -0.4 is 10.9 Å². The minimum atomic E-state index is -0.238. The summed E-state index contributed by atoms with van der Waals surface area (Å²) in [6, 6.07) is 16.3. The minimum absolute atomic E-state index is 0.198. The Morgan fingerprint density at radius 3 is 2.58 bits per heavy atom. The van der Waals surface area contributed by atoms with Crippen LogP contribution in [0.1, 0.15) is 15.9 Å². The molecule has 4 nitrogen and oxygen atoms in total. The fourth-order valence-corrected chi connectivity index (χ4v) is 2.79. The highest BCUT2D eigenvalue weighted by molar-refractivity contribution is 6.30. The smallest absolute Gasteiger partial charge is 0.252 e. The molecule has 0 spiro atoms. The maximum Gasteiger partial charge on any atom is 0.252 e. The number of halogens is 1. The van der Waals surface area contributed by atoms with Crippen molar-refractivity contribution in [3.8, 4) is 0 Å². The number of rotatable bonds is 4. The molecule has 0 bridgehead atoms. The van der Waals surface area contributed by atoms with E-state index >= 15 is 0 Å². The van der Waals surface area contributed by atoms with Crippen LogP contribution >= 0.6 is 11.6 Å². The molecule has 3 rings (SSSR count). The Bertz CT molecular complexity index is 946. The average molecular weight is 341 g/mol. The average Bonchev–Trinajstić information content (AvgIpc) is 2.60. The van der Waals surface area contributed by atoms with E-state index in [-0.39, 0.29) is 11.5 Å². The minimum Gasteiger partial charge on any atom is -0.352 e. The number of carbonyl (C=O) groups is 1. The second kappa shape index (κ2) is 6.89. The zero-order valence-corrected chi connectivity index (χ0v) is 14.0. The largest absolute Gasteiger partial charge is 0.352 e. The molecule has 0 aliphatic carbocycles. The molecule has 1 aromatic heterocycles. The molecule has 2 aromatic carbocycles. The van der Waals surface area contributed by atoms with E-state index in [1.54, 1.807) is 11.6 Å². The summed E-state index contributed by atoms with van der Waals surface area (Å²) in [7, 11) is 1.70. The van der Waals surface area contributed by atoms with Crippen molar-refractivity contribution in [2.75, 3.05) is 6.54 Å². The van der Waals surface area contributed by atoms with Gasteiger partial charge in [0.1, 0.15) is 0 Å². The van der Waals surface area contributed by atoms with E-state index in [1.165, 1.54) is 6.07 Å². The lowest BCUT2D eigenvalue weighted by atomic mass is 10.1. The molecular weight excluding hydrogens is 324 g/mol. The Morgan fingerprint density at radius 2 is 1.83 bits per heavy atom. The van der Waals surface area contributed by atoms with Gasteiger partial charge in [0.05, 0.1) is 11.1 Å². The fraction of sp³-hybridized carbons (Fsp3) is 0.158. The number of hydrogen-bond acceptors (Lipinski definition) is 2. The van der Waals surface area contributed by atoms with Crippen molar-refractivity contribution in [2.24, 2.45) is 7.05 Å². The van der Waals surface area contributed by atoms with Crippen LogP contribution in [0.3, 0.4) is 0 Å². The number of nitrogens with one attached hydrogen (secondary N) is 1. The normalized spacial score (nSPS) is 10.8. The summed E-state index contributed by atoms with van der Waals surface area (Å²) in [5, 5.41) is 4.34. The summed E-state index contributed by atoms with van der Waals surface area (Å²) >= 11 is 5.86. The monoisotopic (exact) mass is 340 g/mol. The second-order valence-electron chi connectivity index (χ2n) is 5.60. The Hall–Kier alpha value is -2.59. The van der Waals surface area contributed by atoms with Crippen LogP contribution in [0.25, 0.3) is 10.9 Å². The van der Waals surface area contributed by atoms with Crippen LogP contribution in [-0.2, 0) is 13.5 Å². The number of fused-ring (bicyclic) bond motifs is 1. The third kappa shape index (κ3) is 3.34. The predicted molar refractivity (Wildman–Crippen MR) is 96.7 cm³/mol. The van der Waals surface area contributed by atoms with Crippen molar-refractivity contribution >= 4 is 28.4 Å². The summed E-state index contributed by atoms with van der Waals surface area (Å²) in [4.78, 5) is 24.5. The van der Waals surface area contributed by atoms with Crippen molar-refractivity contribution < 1.29 is 4.79 Å². The topological polar surface area (TPSA) is 51.1 Å². The summed E-state index contributed by atoms with van der Waals surface area (Å²) in [5.41, 5.74) is 2.04. The number of para-hydroxylation sites is 1. The van der Waals surface area contributed by atoms with Crippen molar-refractivity contribution in [2.45, 2.75) is 6.42 Å². The summed E-state index contributed by atoms with van der Waals surface area (Å²) in [6.07, 6.45) is 0.700. The molecule has 0 unspecified atom stereocenters. The van der Waals surface area contributed by atoms with Gasteiger partial charge in [0.25, 0.3) is 11.5 Å². The number of aryl methyl sites for hydroxylation is 1. The van der Waals surface area contributed by atoms with Gasteiger partial charge in [-0.2, -0.15) is 0 Å². The van der Waals surface area contributed by atoms with Gasteiger partial charge in [-0.3, -0.25) is 9.59 Å². The third-order valence-electron chi connectivity index (χ3n) is 4.01. The molecule has 0 aliphatic rings. The van der Waals surface area contributed by atoms with Crippen molar-refractivity contribution in [3.63, 3.8) is 0 Å². The molecular formula is C19H17ClN2O2. The lowest BCUT2D eigenvalue weighted by molar-refractivity contribution is 0.0955. The zero-order valence-electron chi connectivity index (χ0n) is 13.3. The standard InChI is InChI=1S/C19H17ClN2O2/c1-22-17-5-3-2-4-15(17)16(12-18(22)23)19(24)21-11-10-13-6-8-14(20)9-7-13/h2-9,12H,10-11H2,1H3,(H,21,24). The van der Waals surface area contributed by atoms with Gasteiger partial charge in [-0.05, 0) is 30.2 Å².